The molecule has 0 spiro atoms. The van der Waals surface area contributed by atoms with Crippen LogP contribution in [0.1, 0.15) is 16.7 Å². The van der Waals surface area contributed by atoms with Crippen molar-refractivity contribution < 1.29 is 22.7 Å². The zero-order valence-electron chi connectivity index (χ0n) is 19.4. The van der Waals surface area contributed by atoms with E-state index in [1.165, 1.54) is 4.31 Å². The van der Waals surface area contributed by atoms with Crippen molar-refractivity contribution >= 4 is 15.9 Å². The number of amides is 1. The molecule has 2 aliphatic heterocycles. The van der Waals surface area contributed by atoms with Gasteiger partial charge in [0, 0.05) is 32.7 Å². The van der Waals surface area contributed by atoms with E-state index in [1.807, 2.05) is 50.1 Å². The Bertz CT molecular complexity index is 1130. The predicted octanol–water partition coefficient (Wildman–Crippen LogP) is 2.04. The molecule has 1 saturated heterocycles. The maximum atomic E-state index is 13.0. The summed E-state index contributed by atoms with van der Waals surface area (Å²) in [5, 5.41) is 0. The molecule has 0 radical (unpaired) electrons. The van der Waals surface area contributed by atoms with Crippen molar-refractivity contribution in [2.24, 2.45) is 0 Å². The highest BCUT2D eigenvalue weighted by molar-refractivity contribution is 7.89. The highest BCUT2D eigenvalue weighted by Gasteiger charge is 2.30. The first-order valence-electron chi connectivity index (χ1n) is 11.2. The molecule has 1 fully saturated rings. The monoisotopic (exact) mass is 473 g/mol. The topological polar surface area (TPSA) is 79.4 Å². The van der Waals surface area contributed by atoms with Gasteiger partial charge in [-0.2, -0.15) is 4.31 Å². The quantitative estimate of drug-likeness (QED) is 0.639. The summed E-state index contributed by atoms with van der Waals surface area (Å²) in [5.41, 5.74) is 3.05. The molecule has 0 unspecified atom stereocenters. The SMILES string of the molecule is Cc1ccc(S(=O)(=O)N2CCN(C(=O)CN(C)Cc3ccc4c(c3)OCCO4)CC2)cc1C. The zero-order chi connectivity index (χ0) is 23.6. The zero-order valence-corrected chi connectivity index (χ0v) is 20.2. The van der Waals surface area contributed by atoms with Crippen LogP contribution >= 0.6 is 0 Å². The second-order valence-electron chi connectivity index (χ2n) is 8.68. The number of fused-ring (bicyclic) bond motifs is 1. The van der Waals surface area contributed by atoms with Crippen LogP contribution < -0.4 is 9.47 Å². The smallest absolute Gasteiger partial charge is 0.243 e. The molecule has 0 bridgehead atoms. The number of piperazine rings is 1. The van der Waals surface area contributed by atoms with E-state index in [2.05, 4.69) is 0 Å². The molecule has 2 heterocycles. The summed E-state index contributed by atoms with van der Waals surface area (Å²) in [4.78, 5) is 16.8. The van der Waals surface area contributed by atoms with Crippen molar-refractivity contribution in [3.05, 3.63) is 53.1 Å². The molecule has 2 aromatic carbocycles. The van der Waals surface area contributed by atoms with Gasteiger partial charge in [0.05, 0.1) is 11.4 Å². The summed E-state index contributed by atoms with van der Waals surface area (Å²) in [6, 6.07) is 11.0. The van der Waals surface area contributed by atoms with Crippen LogP contribution in [-0.4, -0.2) is 81.4 Å². The van der Waals surface area contributed by atoms with Gasteiger partial charge in [-0.25, -0.2) is 8.42 Å². The molecule has 0 N–H and O–H groups in total. The molecule has 8 nitrogen and oxygen atoms in total. The largest absolute Gasteiger partial charge is 0.486 e. The predicted molar refractivity (Wildman–Crippen MR) is 125 cm³/mol. The van der Waals surface area contributed by atoms with Crippen molar-refractivity contribution in [1.29, 1.82) is 0 Å². The Morgan fingerprint density at radius 1 is 0.939 bits per heavy atom. The number of carbonyl (C=O) groups excluding carboxylic acids is 1. The minimum absolute atomic E-state index is 0.00160. The minimum Gasteiger partial charge on any atom is -0.486 e. The van der Waals surface area contributed by atoms with Crippen molar-refractivity contribution in [2.75, 3.05) is 53.0 Å². The molecule has 2 aliphatic rings. The summed E-state index contributed by atoms with van der Waals surface area (Å²) < 4.78 is 38.7. The van der Waals surface area contributed by atoms with E-state index >= 15 is 0 Å². The van der Waals surface area contributed by atoms with E-state index in [1.54, 1.807) is 17.0 Å². The Labute approximate surface area is 195 Å². The summed E-state index contributed by atoms with van der Waals surface area (Å²) >= 11 is 0. The fourth-order valence-corrected chi connectivity index (χ4v) is 5.59. The third-order valence-corrected chi connectivity index (χ3v) is 8.07. The molecule has 0 aromatic heterocycles. The second kappa shape index (κ2) is 9.70. The number of benzene rings is 2. The van der Waals surface area contributed by atoms with Crippen LogP contribution in [0.2, 0.25) is 0 Å². The third-order valence-electron chi connectivity index (χ3n) is 6.17. The first-order valence-corrected chi connectivity index (χ1v) is 12.6. The van der Waals surface area contributed by atoms with Gasteiger partial charge in [0.2, 0.25) is 15.9 Å². The van der Waals surface area contributed by atoms with Gasteiger partial charge in [-0.05, 0) is 61.9 Å². The van der Waals surface area contributed by atoms with Crippen molar-refractivity contribution in [1.82, 2.24) is 14.1 Å². The van der Waals surface area contributed by atoms with E-state index in [-0.39, 0.29) is 12.5 Å². The number of hydrogen-bond donors (Lipinski definition) is 0. The van der Waals surface area contributed by atoms with Gasteiger partial charge in [-0.3, -0.25) is 9.69 Å². The molecule has 1 amide bonds. The molecular formula is C24H31N3O5S. The molecule has 178 valence electrons. The Balaban J connectivity index is 1.30. The third kappa shape index (κ3) is 5.31. The summed E-state index contributed by atoms with van der Waals surface area (Å²) in [6.07, 6.45) is 0. The number of rotatable bonds is 6. The Morgan fingerprint density at radius 2 is 1.64 bits per heavy atom. The van der Waals surface area contributed by atoms with Crippen molar-refractivity contribution in [2.45, 2.75) is 25.3 Å². The summed E-state index contributed by atoms with van der Waals surface area (Å²) in [5.74, 6) is 1.48. The molecular weight excluding hydrogens is 442 g/mol. The van der Waals surface area contributed by atoms with E-state index in [9.17, 15) is 13.2 Å². The summed E-state index contributed by atoms with van der Waals surface area (Å²) in [7, 11) is -1.66. The van der Waals surface area contributed by atoms with Gasteiger partial charge in [-0.15, -0.1) is 0 Å². The molecule has 2 aromatic rings. The van der Waals surface area contributed by atoms with Crippen LogP contribution in [0.5, 0.6) is 11.5 Å². The Morgan fingerprint density at radius 3 is 2.33 bits per heavy atom. The van der Waals surface area contributed by atoms with Crippen molar-refractivity contribution in [3.8, 4) is 11.5 Å². The average molecular weight is 474 g/mol. The van der Waals surface area contributed by atoms with Gasteiger partial charge in [0.15, 0.2) is 11.5 Å². The number of nitrogens with zero attached hydrogens (tertiary/aromatic N) is 3. The second-order valence-corrected chi connectivity index (χ2v) is 10.6. The standard InChI is InChI=1S/C24H31N3O5S/c1-18-4-6-21(14-19(18)2)33(29,30)27-10-8-26(9-11-27)24(28)17-25(3)16-20-5-7-22-23(15-20)32-13-12-31-22/h4-7,14-15H,8-13,16-17H2,1-3H3. The minimum atomic E-state index is -3.56. The highest BCUT2D eigenvalue weighted by Crippen LogP contribution is 2.31. The fourth-order valence-electron chi connectivity index (χ4n) is 4.09. The maximum Gasteiger partial charge on any atom is 0.243 e. The lowest BCUT2D eigenvalue weighted by Gasteiger charge is -2.35. The van der Waals surface area contributed by atoms with Crippen LogP contribution in [0, 0.1) is 13.8 Å². The van der Waals surface area contributed by atoms with Crippen LogP contribution in [0.4, 0.5) is 0 Å². The fraction of sp³-hybridized carbons (Fsp3) is 0.458. The lowest BCUT2D eigenvalue weighted by Crippen LogP contribution is -2.52. The van der Waals surface area contributed by atoms with E-state index < -0.39 is 10.0 Å². The Kier molecular flexibility index (Phi) is 6.92. The number of hydrogen-bond acceptors (Lipinski definition) is 6. The van der Waals surface area contributed by atoms with E-state index in [0.29, 0.717) is 50.8 Å². The van der Waals surface area contributed by atoms with Gasteiger partial charge in [-0.1, -0.05) is 12.1 Å². The molecule has 0 aliphatic carbocycles. The average Bonchev–Trinajstić information content (AvgIpc) is 2.80. The van der Waals surface area contributed by atoms with E-state index in [4.69, 9.17) is 9.47 Å². The van der Waals surface area contributed by atoms with Crippen LogP contribution in [0.15, 0.2) is 41.3 Å². The lowest BCUT2D eigenvalue weighted by molar-refractivity contribution is -0.133. The highest BCUT2D eigenvalue weighted by atomic mass is 32.2. The molecule has 9 heteroatoms. The van der Waals surface area contributed by atoms with Gasteiger partial charge < -0.3 is 14.4 Å². The van der Waals surface area contributed by atoms with Gasteiger partial charge >= 0.3 is 0 Å². The van der Waals surface area contributed by atoms with Crippen LogP contribution in [-0.2, 0) is 21.4 Å². The lowest BCUT2D eigenvalue weighted by atomic mass is 10.1. The van der Waals surface area contributed by atoms with Gasteiger partial charge in [0.1, 0.15) is 13.2 Å². The Hall–Kier alpha value is -2.62. The maximum absolute atomic E-state index is 13.0. The van der Waals surface area contributed by atoms with E-state index in [0.717, 1.165) is 28.2 Å². The van der Waals surface area contributed by atoms with Crippen molar-refractivity contribution in [3.63, 3.8) is 0 Å². The molecule has 0 saturated carbocycles. The van der Waals surface area contributed by atoms with Crippen LogP contribution in [0.25, 0.3) is 0 Å². The van der Waals surface area contributed by atoms with Crippen LogP contribution in [0.3, 0.4) is 0 Å². The molecule has 4 rings (SSSR count). The summed E-state index contributed by atoms with van der Waals surface area (Å²) in [6.45, 7) is 7.20. The molecule has 33 heavy (non-hydrogen) atoms. The number of carbonyl (C=O) groups is 1. The molecule has 0 atom stereocenters. The number of ether oxygens (including phenoxy) is 2. The first kappa shape index (κ1) is 23.5. The first-order chi connectivity index (χ1) is 15.7. The normalized spacial score (nSPS) is 16.8. The van der Waals surface area contributed by atoms with Gasteiger partial charge in [0.25, 0.3) is 0 Å². The number of sulfonamides is 1. The number of likely N-dealkylation sites (N-methyl/N-ethyl adjacent to an activating group) is 1. The number of aryl methyl sites for hydroxylation is 2.